The van der Waals surface area contributed by atoms with Crippen molar-refractivity contribution in [1.29, 1.82) is 0 Å². The number of carbonyl (C=O) groups is 1. The maximum atomic E-state index is 12.7. The molecule has 4 rings (SSSR count). The second-order valence-corrected chi connectivity index (χ2v) is 6.56. The third-order valence-corrected chi connectivity index (χ3v) is 5.41. The third kappa shape index (κ3) is 2.15. The van der Waals surface area contributed by atoms with Gasteiger partial charge in [0.1, 0.15) is 0 Å². The highest BCUT2D eigenvalue weighted by atomic mass is 16.7. The second kappa shape index (κ2) is 5.16. The molecule has 2 heterocycles. The maximum Gasteiger partial charge on any atom is 0.257 e. The smallest absolute Gasteiger partial charge is 0.257 e. The van der Waals surface area contributed by atoms with Crippen LogP contribution in [0.2, 0.25) is 0 Å². The van der Waals surface area contributed by atoms with Crippen LogP contribution in [0, 0.1) is 5.92 Å². The average Bonchev–Trinajstić information content (AvgIpc) is 2.93. The first-order valence-electron chi connectivity index (χ1n) is 8.08. The molecule has 0 atom stereocenters. The third-order valence-electron chi connectivity index (χ3n) is 5.41. The molecule has 0 bridgehead atoms. The van der Waals surface area contributed by atoms with E-state index in [-0.39, 0.29) is 12.7 Å². The number of rotatable bonds is 2. The zero-order chi connectivity index (χ0) is 15.2. The van der Waals surface area contributed by atoms with E-state index in [2.05, 4.69) is 0 Å². The molecule has 1 aromatic rings. The van der Waals surface area contributed by atoms with Gasteiger partial charge in [-0.05, 0) is 43.7 Å². The normalized spacial score (nSPS) is 23.2. The molecule has 1 saturated carbocycles. The molecule has 2 fully saturated rings. The fourth-order valence-corrected chi connectivity index (χ4v) is 3.72. The Kier molecular flexibility index (Phi) is 3.26. The van der Waals surface area contributed by atoms with Crippen molar-refractivity contribution < 1.29 is 19.4 Å². The van der Waals surface area contributed by atoms with E-state index in [1.54, 1.807) is 6.07 Å². The number of aliphatic hydroxyl groups is 1. The molecule has 118 valence electrons. The topological polar surface area (TPSA) is 59.0 Å². The van der Waals surface area contributed by atoms with Gasteiger partial charge in [-0.25, -0.2) is 0 Å². The molecule has 5 heteroatoms. The summed E-state index contributed by atoms with van der Waals surface area (Å²) < 4.78 is 10.8. The molecule has 1 amide bonds. The highest BCUT2D eigenvalue weighted by Gasteiger charge is 2.43. The van der Waals surface area contributed by atoms with Crippen molar-refractivity contribution in [3.8, 4) is 11.5 Å². The quantitative estimate of drug-likeness (QED) is 0.910. The Balaban J connectivity index is 1.47. The Morgan fingerprint density at radius 3 is 2.68 bits per heavy atom. The van der Waals surface area contributed by atoms with Gasteiger partial charge in [0.25, 0.3) is 5.91 Å². The molecule has 0 spiro atoms. The van der Waals surface area contributed by atoms with Crippen LogP contribution in [-0.2, 0) is 0 Å². The number of piperidine rings is 1. The Hall–Kier alpha value is -1.75. The lowest BCUT2D eigenvalue weighted by atomic mass is 9.69. The van der Waals surface area contributed by atoms with E-state index in [0.29, 0.717) is 48.9 Å². The first kappa shape index (κ1) is 13.9. The maximum absolute atomic E-state index is 12.7. The van der Waals surface area contributed by atoms with E-state index < -0.39 is 5.60 Å². The molecule has 1 N–H and O–H groups in total. The van der Waals surface area contributed by atoms with Gasteiger partial charge in [0.2, 0.25) is 6.79 Å². The van der Waals surface area contributed by atoms with Crippen LogP contribution in [0.25, 0.3) is 0 Å². The molecule has 2 aliphatic heterocycles. The monoisotopic (exact) mass is 303 g/mol. The van der Waals surface area contributed by atoms with E-state index in [9.17, 15) is 9.90 Å². The lowest BCUT2D eigenvalue weighted by Gasteiger charge is -2.46. The highest BCUT2D eigenvalue weighted by molar-refractivity contribution is 5.98. The molecule has 0 unspecified atom stereocenters. The minimum atomic E-state index is -0.562. The summed E-state index contributed by atoms with van der Waals surface area (Å²) in [7, 11) is 0. The summed E-state index contributed by atoms with van der Waals surface area (Å²) in [6.45, 7) is 1.38. The molecule has 3 aliphatic rings. The molecular weight excluding hydrogens is 282 g/mol. The lowest BCUT2D eigenvalue weighted by Crippen LogP contribution is -2.52. The number of likely N-dealkylation sites (tertiary alicyclic amines) is 1. The molecule has 0 radical (unpaired) electrons. The van der Waals surface area contributed by atoms with E-state index in [0.717, 1.165) is 12.8 Å². The fraction of sp³-hybridized carbons (Fsp3) is 0.588. The minimum Gasteiger partial charge on any atom is -0.454 e. The van der Waals surface area contributed by atoms with E-state index in [4.69, 9.17) is 9.47 Å². The van der Waals surface area contributed by atoms with Crippen LogP contribution in [0.15, 0.2) is 18.2 Å². The van der Waals surface area contributed by atoms with E-state index in [1.165, 1.54) is 6.42 Å². The standard InChI is InChI=1S/C17H21NO4/c19-16(13-5-2-6-14-15(13)22-11-21-14)18-9-7-17(20,8-10-18)12-3-1-4-12/h2,5-6,12,20H,1,3-4,7-11H2. The summed E-state index contributed by atoms with van der Waals surface area (Å²) >= 11 is 0. The molecule has 22 heavy (non-hydrogen) atoms. The highest BCUT2D eigenvalue weighted by Crippen LogP contribution is 2.42. The van der Waals surface area contributed by atoms with Crippen molar-refractivity contribution in [2.75, 3.05) is 19.9 Å². The summed E-state index contributed by atoms with van der Waals surface area (Å²) in [6, 6.07) is 5.41. The predicted octanol–water partition coefficient (Wildman–Crippen LogP) is 2.18. The largest absolute Gasteiger partial charge is 0.454 e. The van der Waals surface area contributed by atoms with Crippen molar-refractivity contribution in [3.05, 3.63) is 23.8 Å². The number of hydrogen-bond acceptors (Lipinski definition) is 4. The molecule has 1 saturated heterocycles. The number of benzene rings is 1. The minimum absolute atomic E-state index is 0.0296. The summed E-state index contributed by atoms with van der Waals surface area (Å²) in [4.78, 5) is 14.6. The van der Waals surface area contributed by atoms with Crippen molar-refractivity contribution >= 4 is 5.91 Å². The Morgan fingerprint density at radius 2 is 2.00 bits per heavy atom. The van der Waals surface area contributed by atoms with E-state index >= 15 is 0 Å². The van der Waals surface area contributed by atoms with Crippen LogP contribution < -0.4 is 9.47 Å². The number of amides is 1. The number of carbonyl (C=O) groups excluding carboxylic acids is 1. The number of fused-ring (bicyclic) bond motifs is 1. The molecular formula is C17H21NO4. The Bertz CT molecular complexity index is 588. The van der Waals surface area contributed by atoms with Gasteiger partial charge in [0.05, 0.1) is 11.2 Å². The van der Waals surface area contributed by atoms with Crippen LogP contribution in [0.5, 0.6) is 11.5 Å². The van der Waals surface area contributed by atoms with Crippen molar-refractivity contribution in [3.63, 3.8) is 0 Å². The average molecular weight is 303 g/mol. The number of hydrogen-bond donors (Lipinski definition) is 1. The van der Waals surface area contributed by atoms with Gasteiger partial charge in [-0.15, -0.1) is 0 Å². The summed E-state index contributed by atoms with van der Waals surface area (Å²) in [5.74, 6) is 1.58. The van der Waals surface area contributed by atoms with Crippen molar-refractivity contribution in [2.24, 2.45) is 5.92 Å². The molecule has 1 aromatic carbocycles. The van der Waals surface area contributed by atoms with Gasteiger partial charge in [0, 0.05) is 13.1 Å². The molecule has 1 aliphatic carbocycles. The predicted molar refractivity (Wildman–Crippen MR) is 80.0 cm³/mol. The zero-order valence-electron chi connectivity index (χ0n) is 12.6. The van der Waals surface area contributed by atoms with Crippen LogP contribution in [0.4, 0.5) is 0 Å². The Labute approximate surface area is 129 Å². The SMILES string of the molecule is O=C(c1cccc2c1OCO2)N1CCC(O)(C2CCC2)CC1. The lowest BCUT2D eigenvalue weighted by molar-refractivity contribution is -0.0862. The fourth-order valence-electron chi connectivity index (χ4n) is 3.72. The van der Waals surface area contributed by atoms with Crippen LogP contribution >= 0.6 is 0 Å². The van der Waals surface area contributed by atoms with Crippen LogP contribution in [0.1, 0.15) is 42.5 Å². The van der Waals surface area contributed by atoms with Gasteiger partial charge in [0.15, 0.2) is 11.5 Å². The second-order valence-electron chi connectivity index (χ2n) is 6.56. The van der Waals surface area contributed by atoms with E-state index in [1.807, 2.05) is 17.0 Å². The summed E-state index contributed by atoms with van der Waals surface area (Å²) in [5, 5.41) is 10.7. The zero-order valence-corrected chi connectivity index (χ0v) is 12.6. The number of para-hydroxylation sites is 1. The van der Waals surface area contributed by atoms with Gasteiger partial charge < -0.3 is 19.5 Å². The van der Waals surface area contributed by atoms with Crippen molar-refractivity contribution in [2.45, 2.75) is 37.7 Å². The summed E-state index contributed by atoms with van der Waals surface area (Å²) in [5.41, 5.74) is -0.00289. The van der Waals surface area contributed by atoms with Gasteiger partial charge in [-0.1, -0.05) is 12.5 Å². The molecule has 5 nitrogen and oxygen atoms in total. The van der Waals surface area contributed by atoms with Crippen LogP contribution in [-0.4, -0.2) is 41.4 Å². The van der Waals surface area contributed by atoms with Gasteiger partial charge in [-0.2, -0.15) is 0 Å². The van der Waals surface area contributed by atoms with Crippen molar-refractivity contribution in [1.82, 2.24) is 4.90 Å². The Morgan fingerprint density at radius 1 is 1.23 bits per heavy atom. The summed E-state index contributed by atoms with van der Waals surface area (Å²) in [6.07, 6.45) is 4.83. The first-order valence-corrected chi connectivity index (χ1v) is 8.08. The number of nitrogens with zero attached hydrogens (tertiary/aromatic N) is 1. The number of ether oxygens (including phenoxy) is 2. The van der Waals surface area contributed by atoms with Crippen LogP contribution in [0.3, 0.4) is 0 Å². The molecule has 0 aromatic heterocycles. The first-order chi connectivity index (χ1) is 10.7. The van der Waals surface area contributed by atoms with Gasteiger partial charge in [-0.3, -0.25) is 4.79 Å². The van der Waals surface area contributed by atoms with Gasteiger partial charge >= 0.3 is 0 Å².